The lowest BCUT2D eigenvalue weighted by atomic mass is 10.0. The zero-order valence-corrected chi connectivity index (χ0v) is 12.8. The minimum atomic E-state index is -3.70. The molecule has 1 aromatic rings. The molecular formula is C13H18ClFN2O2S. The second kappa shape index (κ2) is 5.60. The molecule has 1 N–H and O–H groups in total. The molecule has 2 atom stereocenters. The number of hydrogen-bond donors (Lipinski definition) is 1. The number of fused-ring (bicyclic) bond motifs is 1. The highest BCUT2D eigenvalue weighted by Gasteiger charge is 2.42. The van der Waals surface area contributed by atoms with Gasteiger partial charge in [-0.3, -0.25) is 0 Å². The van der Waals surface area contributed by atoms with Crippen molar-refractivity contribution in [3.63, 3.8) is 0 Å². The van der Waals surface area contributed by atoms with Crippen molar-refractivity contribution in [2.75, 3.05) is 26.2 Å². The van der Waals surface area contributed by atoms with Crippen molar-refractivity contribution < 1.29 is 12.8 Å². The monoisotopic (exact) mass is 320 g/mol. The molecule has 7 heteroatoms. The molecule has 0 spiro atoms. The Hall–Kier alpha value is -0.690. The van der Waals surface area contributed by atoms with Gasteiger partial charge in [-0.2, -0.15) is 4.31 Å². The Morgan fingerprint density at radius 3 is 2.40 bits per heavy atom. The number of nitrogens with one attached hydrogen (secondary N) is 1. The highest BCUT2D eigenvalue weighted by molar-refractivity contribution is 7.89. The lowest BCUT2D eigenvalue weighted by Gasteiger charge is -2.18. The SMILES string of the molecule is Cc1ccc(S(=O)(=O)N2C[C@H]3CNC[C@H]3C2)c(F)c1.Cl. The molecule has 0 saturated carbocycles. The van der Waals surface area contributed by atoms with Crippen molar-refractivity contribution in [2.45, 2.75) is 11.8 Å². The maximum atomic E-state index is 13.9. The molecule has 2 aliphatic heterocycles. The smallest absolute Gasteiger partial charge is 0.246 e. The molecule has 20 heavy (non-hydrogen) atoms. The Bertz CT molecular complexity index is 596. The Morgan fingerprint density at radius 2 is 1.85 bits per heavy atom. The first-order valence-electron chi connectivity index (χ1n) is 6.45. The van der Waals surface area contributed by atoms with Crippen LogP contribution in [0.3, 0.4) is 0 Å². The highest BCUT2D eigenvalue weighted by Crippen LogP contribution is 2.31. The van der Waals surface area contributed by atoms with Gasteiger partial charge in [0.25, 0.3) is 0 Å². The highest BCUT2D eigenvalue weighted by atomic mass is 35.5. The first-order chi connectivity index (χ1) is 8.98. The average molecular weight is 321 g/mol. The van der Waals surface area contributed by atoms with E-state index < -0.39 is 15.8 Å². The normalized spacial score (nSPS) is 26.3. The Kier molecular flexibility index (Phi) is 4.39. The van der Waals surface area contributed by atoms with Gasteiger partial charge in [0, 0.05) is 13.1 Å². The maximum absolute atomic E-state index is 13.9. The molecule has 112 valence electrons. The van der Waals surface area contributed by atoms with Gasteiger partial charge in [0.1, 0.15) is 10.7 Å². The van der Waals surface area contributed by atoms with Crippen molar-refractivity contribution in [1.29, 1.82) is 0 Å². The predicted molar refractivity (Wildman–Crippen MR) is 77.0 cm³/mol. The van der Waals surface area contributed by atoms with Crippen molar-refractivity contribution in [3.8, 4) is 0 Å². The maximum Gasteiger partial charge on any atom is 0.246 e. The van der Waals surface area contributed by atoms with Crippen LogP contribution in [-0.4, -0.2) is 38.9 Å². The second-order valence-corrected chi connectivity index (χ2v) is 7.34. The fraction of sp³-hybridized carbons (Fsp3) is 0.538. The number of nitrogens with zero attached hydrogens (tertiary/aromatic N) is 1. The quantitative estimate of drug-likeness (QED) is 0.896. The van der Waals surface area contributed by atoms with Crippen LogP contribution >= 0.6 is 12.4 Å². The van der Waals surface area contributed by atoms with E-state index in [-0.39, 0.29) is 17.3 Å². The van der Waals surface area contributed by atoms with Crippen LogP contribution in [0.25, 0.3) is 0 Å². The van der Waals surface area contributed by atoms with Crippen LogP contribution in [0.15, 0.2) is 23.1 Å². The standard InChI is InChI=1S/C13H17FN2O2S.ClH/c1-9-2-3-13(12(14)4-9)19(17,18)16-7-10-5-15-6-11(10)8-16;/h2-4,10-11,15H,5-8H2,1H3;1H/t10-,11+;. The number of hydrogen-bond acceptors (Lipinski definition) is 3. The molecule has 0 amide bonds. The van der Waals surface area contributed by atoms with E-state index in [0.717, 1.165) is 18.7 Å². The fourth-order valence-electron chi connectivity index (χ4n) is 2.96. The lowest BCUT2D eigenvalue weighted by Crippen LogP contribution is -2.32. The molecule has 4 nitrogen and oxygen atoms in total. The summed E-state index contributed by atoms with van der Waals surface area (Å²) in [6.45, 7) is 4.44. The fourth-order valence-corrected chi connectivity index (χ4v) is 4.56. The van der Waals surface area contributed by atoms with Crippen molar-refractivity contribution in [1.82, 2.24) is 9.62 Å². The van der Waals surface area contributed by atoms with Gasteiger partial charge in [-0.1, -0.05) is 6.07 Å². The average Bonchev–Trinajstić information content (AvgIpc) is 2.87. The van der Waals surface area contributed by atoms with Gasteiger partial charge in [-0.05, 0) is 49.5 Å². The van der Waals surface area contributed by atoms with Gasteiger partial charge in [-0.15, -0.1) is 12.4 Å². The summed E-state index contributed by atoms with van der Waals surface area (Å²) in [5, 5.41) is 3.26. The third-order valence-electron chi connectivity index (χ3n) is 4.06. The van der Waals surface area contributed by atoms with Crippen LogP contribution in [-0.2, 0) is 10.0 Å². The summed E-state index contributed by atoms with van der Waals surface area (Å²) in [5.74, 6) is 0.0711. The van der Waals surface area contributed by atoms with Crippen LogP contribution in [0.2, 0.25) is 0 Å². The zero-order chi connectivity index (χ0) is 13.6. The Morgan fingerprint density at radius 1 is 1.25 bits per heavy atom. The van der Waals surface area contributed by atoms with Gasteiger partial charge >= 0.3 is 0 Å². The van der Waals surface area contributed by atoms with Crippen LogP contribution in [0, 0.1) is 24.6 Å². The van der Waals surface area contributed by atoms with E-state index in [2.05, 4.69) is 5.32 Å². The predicted octanol–water partition coefficient (Wildman–Crippen LogP) is 1.40. The molecule has 3 rings (SSSR count). The minimum absolute atomic E-state index is 0. The van der Waals surface area contributed by atoms with E-state index in [1.165, 1.54) is 16.4 Å². The number of rotatable bonds is 2. The molecule has 1 aromatic carbocycles. The van der Waals surface area contributed by atoms with Gasteiger partial charge in [0.2, 0.25) is 10.0 Å². The molecule has 2 fully saturated rings. The van der Waals surface area contributed by atoms with E-state index in [1.807, 2.05) is 0 Å². The van der Waals surface area contributed by atoms with Crippen molar-refractivity contribution >= 4 is 22.4 Å². The summed E-state index contributed by atoms with van der Waals surface area (Å²) in [4.78, 5) is -0.203. The topological polar surface area (TPSA) is 49.4 Å². The largest absolute Gasteiger partial charge is 0.316 e. The third-order valence-corrected chi connectivity index (χ3v) is 5.93. The van der Waals surface area contributed by atoms with Crippen LogP contribution in [0.1, 0.15) is 5.56 Å². The molecule has 0 bridgehead atoms. The number of halogens is 2. The van der Waals surface area contributed by atoms with E-state index >= 15 is 0 Å². The molecule has 2 heterocycles. The van der Waals surface area contributed by atoms with E-state index in [9.17, 15) is 12.8 Å². The molecule has 0 aliphatic carbocycles. The van der Waals surface area contributed by atoms with Crippen molar-refractivity contribution in [2.24, 2.45) is 11.8 Å². The van der Waals surface area contributed by atoms with Crippen LogP contribution < -0.4 is 5.32 Å². The zero-order valence-electron chi connectivity index (χ0n) is 11.2. The Labute approximate surface area is 124 Å². The van der Waals surface area contributed by atoms with E-state index in [0.29, 0.717) is 24.9 Å². The summed E-state index contributed by atoms with van der Waals surface area (Å²) in [7, 11) is -3.70. The summed E-state index contributed by atoms with van der Waals surface area (Å²) < 4.78 is 40.2. The van der Waals surface area contributed by atoms with Gasteiger partial charge in [0.15, 0.2) is 0 Å². The first kappa shape index (κ1) is 15.7. The number of sulfonamides is 1. The molecule has 2 saturated heterocycles. The molecule has 0 aromatic heterocycles. The molecule has 0 unspecified atom stereocenters. The molecule has 2 aliphatic rings. The van der Waals surface area contributed by atoms with Gasteiger partial charge in [-0.25, -0.2) is 12.8 Å². The summed E-state index contributed by atoms with van der Waals surface area (Å²) in [6, 6.07) is 4.27. The number of aryl methyl sites for hydroxylation is 1. The summed E-state index contributed by atoms with van der Waals surface area (Å²) in [6.07, 6.45) is 0. The van der Waals surface area contributed by atoms with Gasteiger partial charge in [0.05, 0.1) is 0 Å². The summed E-state index contributed by atoms with van der Waals surface area (Å²) >= 11 is 0. The van der Waals surface area contributed by atoms with Crippen molar-refractivity contribution in [3.05, 3.63) is 29.6 Å². The number of benzene rings is 1. The molecular weight excluding hydrogens is 303 g/mol. The first-order valence-corrected chi connectivity index (χ1v) is 7.89. The van der Waals surface area contributed by atoms with Crippen LogP contribution in [0.4, 0.5) is 4.39 Å². The Balaban J connectivity index is 0.00000147. The van der Waals surface area contributed by atoms with E-state index in [4.69, 9.17) is 0 Å². The summed E-state index contributed by atoms with van der Waals surface area (Å²) in [5.41, 5.74) is 0.721. The second-order valence-electron chi connectivity index (χ2n) is 5.43. The third kappa shape index (κ3) is 2.57. The lowest BCUT2D eigenvalue weighted by molar-refractivity contribution is 0.443. The van der Waals surface area contributed by atoms with Crippen LogP contribution in [0.5, 0.6) is 0 Å². The molecule has 0 radical (unpaired) electrons. The van der Waals surface area contributed by atoms with Gasteiger partial charge < -0.3 is 5.32 Å². The minimum Gasteiger partial charge on any atom is -0.316 e. The van der Waals surface area contributed by atoms with E-state index in [1.54, 1.807) is 13.0 Å².